The maximum atomic E-state index is 12.5. The standard InChI is InChI=1S/C24H28N4O.ClH/c1-24(2,3)18-7-9-19(10-8-18)26-23(29)27-20-12-14-28(16-20)22-6-4-5-17-15-25-13-11-21(17)22;/h4-11,13,15,20H,12,14,16H2,1-3H3,(H2,26,27,29);1H/t20-;/m1./s1. The second kappa shape index (κ2) is 8.92. The van der Waals surface area contributed by atoms with Crippen molar-refractivity contribution in [2.75, 3.05) is 23.3 Å². The number of fused-ring (bicyclic) bond motifs is 1. The van der Waals surface area contributed by atoms with Crippen LogP contribution < -0.4 is 15.5 Å². The summed E-state index contributed by atoms with van der Waals surface area (Å²) in [6.07, 6.45) is 4.65. The van der Waals surface area contributed by atoms with Gasteiger partial charge in [0, 0.05) is 53.7 Å². The second-order valence-corrected chi connectivity index (χ2v) is 8.73. The summed E-state index contributed by atoms with van der Waals surface area (Å²) in [5.41, 5.74) is 3.37. The van der Waals surface area contributed by atoms with Crippen molar-refractivity contribution in [1.82, 2.24) is 10.3 Å². The number of amides is 2. The molecule has 0 bridgehead atoms. The summed E-state index contributed by atoms with van der Waals surface area (Å²) in [6.45, 7) is 8.27. The summed E-state index contributed by atoms with van der Waals surface area (Å²) in [6, 6.07) is 16.4. The van der Waals surface area contributed by atoms with Crippen molar-refractivity contribution in [1.29, 1.82) is 0 Å². The van der Waals surface area contributed by atoms with Crippen LogP contribution in [-0.2, 0) is 5.41 Å². The van der Waals surface area contributed by atoms with Crippen LogP contribution in [0.3, 0.4) is 0 Å². The van der Waals surface area contributed by atoms with Gasteiger partial charge in [-0.3, -0.25) is 4.98 Å². The number of hydrogen-bond donors (Lipinski definition) is 2. The van der Waals surface area contributed by atoms with Crippen molar-refractivity contribution in [3.8, 4) is 0 Å². The number of pyridine rings is 1. The van der Waals surface area contributed by atoms with Gasteiger partial charge in [-0.05, 0) is 41.7 Å². The van der Waals surface area contributed by atoms with E-state index in [1.807, 2.05) is 24.5 Å². The first-order valence-corrected chi connectivity index (χ1v) is 10.2. The summed E-state index contributed by atoms with van der Waals surface area (Å²) in [5, 5.41) is 8.41. The first-order chi connectivity index (χ1) is 13.9. The zero-order valence-corrected chi connectivity index (χ0v) is 18.5. The minimum atomic E-state index is -0.150. The highest BCUT2D eigenvalue weighted by atomic mass is 35.5. The van der Waals surface area contributed by atoms with Crippen LogP contribution in [0.25, 0.3) is 10.8 Å². The van der Waals surface area contributed by atoms with Crippen LogP contribution in [0.1, 0.15) is 32.8 Å². The van der Waals surface area contributed by atoms with E-state index in [-0.39, 0.29) is 29.9 Å². The molecule has 5 nitrogen and oxygen atoms in total. The highest BCUT2D eigenvalue weighted by Gasteiger charge is 2.25. The molecule has 6 heteroatoms. The molecule has 2 amide bonds. The molecular weight excluding hydrogens is 396 g/mol. The minimum Gasteiger partial charge on any atom is -0.369 e. The average Bonchev–Trinajstić information content (AvgIpc) is 3.15. The molecule has 0 saturated carbocycles. The van der Waals surface area contributed by atoms with Crippen LogP contribution >= 0.6 is 12.4 Å². The predicted molar refractivity (Wildman–Crippen MR) is 127 cm³/mol. The van der Waals surface area contributed by atoms with E-state index in [0.717, 1.165) is 30.6 Å². The number of carbonyl (C=O) groups is 1. The number of anilines is 2. The summed E-state index contributed by atoms with van der Waals surface area (Å²) < 4.78 is 0. The van der Waals surface area contributed by atoms with Gasteiger partial charge >= 0.3 is 6.03 Å². The third-order valence-electron chi connectivity index (χ3n) is 5.53. The van der Waals surface area contributed by atoms with Crippen LogP contribution in [0, 0.1) is 0 Å². The lowest BCUT2D eigenvalue weighted by Crippen LogP contribution is -2.39. The Labute approximate surface area is 184 Å². The van der Waals surface area contributed by atoms with Crippen LogP contribution in [0.2, 0.25) is 0 Å². The third kappa shape index (κ3) is 4.85. The second-order valence-electron chi connectivity index (χ2n) is 8.73. The number of halogens is 1. The molecule has 1 aliphatic rings. The highest BCUT2D eigenvalue weighted by Crippen LogP contribution is 2.29. The lowest BCUT2D eigenvalue weighted by Gasteiger charge is -2.21. The molecule has 0 spiro atoms. The van der Waals surface area contributed by atoms with Crippen molar-refractivity contribution in [3.63, 3.8) is 0 Å². The van der Waals surface area contributed by atoms with Gasteiger partial charge < -0.3 is 15.5 Å². The molecule has 1 fully saturated rings. The molecule has 0 radical (unpaired) electrons. The Morgan fingerprint density at radius 1 is 1.10 bits per heavy atom. The first-order valence-electron chi connectivity index (χ1n) is 10.2. The van der Waals surface area contributed by atoms with E-state index in [9.17, 15) is 4.79 Å². The summed E-state index contributed by atoms with van der Waals surface area (Å²) in [5.74, 6) is 0. The van der Waals surface area contributed by atoms with Crippen molar-refractivity contribution in [2.45, 2.75) is 38.6 Å². The van der Waals surface area contributed by atoms with E-state index >= 15 is 0 Å². The summed E-state index contributed by atoms with van der Waals surface area (Å²) >= 11 is 0. The van der Waals surface area contributed by atoms with Gasteiger partial charge in [0.15, 0.2) is 0 Å². The van der Waals surface area contributed by atoms with E-state index in [2.05, 4.69) is 77.7 Å². The molecule has 2 N–H and O–H groups in total. The smallest absolute Gasteiger partial charge is 0.319 e. The SMILES string of the molecule is CC(C)(C)c1ccc(NC(=O)N[C@@H]2CCN(c3cccc4cnccc34)C2)cc1.Cl. The fourth-order valence-corrected chi connectivity index (χ4v) is 3.88. The molecule has 1 atom stereocenters. The molecule has 1 saturated heterocycles. The largest absolute Gasteiger partial charge is 0.369 e. The molecular formula is C24H29ClN4O. The maximum absolute atomic E-state index is 12.5. The van der Waals surface area contributed by atoms with Crippen molar-refractivity contribution < 1.29 is 4.79 Å². The zero-order chi connectivity index (χ0) is 20.4. The fourth-order valence-electron chi connectivity index (χ4n) is 3.88. The van der Waals surface area contributed by atoms with Gasteiger partial charge in [-0.25, -0.2) is 4.79 Å². The normalized spacial score (nSPS) is 16.2. The van der Waals surface area contributed by atoms with Gasteiger partial charge in [-0.2, -0.15) is 0 Å². The Morgan fingerprint density at radius 2 is 1.87 bits per heavy atom. The van der Waals surface area contributed by atoms with Crippen molar-refractivity contribution >= 4 is 40.6 Å². The lowest BCUT2D eigenvalue weighted by molar-refractivity contribution is 0.249. The van der Waals surface area contributed by atoms with Gasteiger partial charge in [0.2, 0.25) is 0 Å². The molecule has 1 aliphatic heterocycles. The monoisotopic (exact) mass is 424 g/mol. The number of aromatic nitrogens is 1. The van der Waals surface area contributed by atoms with Gasteiger partial charge in [-0.1, -0.05) is 45.0 Å². The zero-order valence-electron chi connectivity index (χ0n) is 17.7. The van der Waals surface area contributed by atoms with Gasteiger partial charge in [0.05, 0.1) is 0 Å². The van der Waals surface area contributed by atoms with Crippen molar-refractivity contribution in [2.24, 2.45) is 0 Å². The molecule has 158 valence electrons. The van der Waals surface area contributed by atoms with Crippen LogP contribution in [0.5, 0.6) is 0 Å². The Hall–Kier alpha value is -2.79. The number of hydrogen-bond acceptors (Lipinski definition) is 3. The predicted octanol–water partition coefficient (Wildman–Crippen LogP) is 5.35. The van der Waals surface area contributed by atoms with Crippen molar-refractivity contribution in [3.05, 3.63) is 66.5 Å². The number of benzene rings is 2. The number of urea groups is 1. The fraction of sp³-hybridized carbons (Fsp3) is 0.333. The molecule has 2 heterocycles. The van der Waals surface area contributed by atoms with Gasteiger partial charge in [0.1, 0.15) is 0 Å². The van der Waals surface area contributed by atoms with E-state index in [1.165, 1.54) is 16.6 Å². The van der Waals surface area contributed by atoms with E-state index < -0.39 is 0 Å². The topological polar surface area (TPSA) is 57.3 Å². The number of nitrogens with one attached hydrogen (secondary N) is 2. The molecule has 1 aromatic heterocycles. The highest BCUT2D eigenvalue weighted by molar-refractivity contribution is 5.94. The number of nitrogens with zero attached hydrogens (tertiary/aromatic N) is 2. The van der Waals surface area contributed by atoms with Crippen LogP contribution in [-0.4, -0.2) is 30.1 Å². The Morgan fingerprint density at radius 3 is 2.60 bits per heavy atom. The Balaban J connectivity index is 0.00000256. The average molecular weight is 425 g/mol. The minimum absolute atomic E-state index is 0. The summed E-state index contributed by atoms with van der Waals surface area (Å²) in [4.78, 5) is 19.0. The first kappa shape index (κ1) is 21.9. The number of carbonyl (C=O) groups excluding carboxylic acids is 1. The Bertz CT molecular complexity index is 1010. The van der Waals surface area contributed by atoms with Gasteiger partial charge in [-0.15, -0.1) is 12.4 Å². The van der Waals surface area contributed by atoms with E-state index in [0.29, 0.717) is 0 Å². The van der Waals surface area contributed by atoms with Gasteiger partial charge in [0.25, 0.3) is 0 Å². The quantitative estimate of drug-likeness (QED) is 0.595. The molecule has 0 aliphatic carbocycles. The molecule has 30 heavy (non-hydrogen) atoms. The molecule has 3 aromatic rings. The molecule has 0 unspecified atom stereocenters. The third-order valence-corrected chi connectivity index (χ3v) is 5.53. The Kier molecular flexibility index (Phi) is 6.52. The maximum Gasteiger partial charge on any atom is 0.319 e. The number of rotatable bonds is 3. The lowest BCUT2D eigenvalue weighted by atomic mass is 9.87. The van der Waals surface area contributed by atoms with E-state index in [1.54, 1.807) is 0 Å². The summed E-state index contributed by atoms with van der Waals surface area (Å²) in [7, 11) is 0. The van der Waals surface area contributed by atoms with E-state index in [4.69, 9.17) is 0 Å². The van der Waals surface area contributed by atoms with Crippen LogP contribution in [0.15, 0.2) is 60.9 Å². The molecule has 4 rings (SSSR count). The molecule has 2 aromatic carbocycles. The van der Waals surface area contributed by atoms with Crippen LogP contribution in [0.4, 0.5) is 16.2 Å².